The van der Waals surface area contributed by atoms with Gasteiger partial charge in [-0.2, -0.15) is 0 Å². The number of carbonyl (C=O) groups excluding carboxylic acids is 1. The van der Waals surface area contributed by atoms with Crippen LogP contribution in [0.15, 0.2) is 63.9 Å². The number of carbonyl (C=O) groups is 1. The molecule has 140 valence electrons. The molecule has 0 radical (unpaired) electrons. The summed E-state index contributed by atoms with van der Waals surface area (Å²) in [6.07, 6.45) is 2.87. The number of H-pyrrole nitrogens is 1. The first-order valence-electron chi connectivity index (χ1n) is 8.07. The number of pyridine rings is 1. The number of hydrogen-bond donors (Lipinski definition) is 1. The molecule has 0 saturated heterocycles. The third-order valence-electron chi connectivity index (χ3n) is 4.22. The van der Waals surface area contributed by atoms with Gasteiger partial charge in [0.15, 0.2) is 5.03 Å². The lowest BCUT2D eigenvalue weighted by molar-refractivity contribution is 0.0596. The number of aromatic amines is 1. The van der Waals surface area contributed by atoms with E-state index in [1.165, 1.54) is 30.5 Å². The zero-order valence-corrected chi connectivity index (χ0v) is 15.7. The number of sulfone groups is 1. The maximum absolute atomic E-state index is 13.4. The second-order valence-electron chi connectivity index (χ2n) is 5.96. The van der Waals surface area contributed by atoms with Gasteiger partial charge in [0.05, 0.1) is 12.0 Å². The summed E-state index contributed by atoms with van der Waals surface area (Å²) in [6.45, 7) is 5.33. The van der Waals surface area contributed by atoms with Gasteiger partial charge >= 0.3 is 5.97 Å². The number of rotatable bonds is 5. The Labute approximate surface area is 155 Å². The van der Waals surface area contributed by atoms with E-state index >= 15 is 0 Å². The molecular formula is C19H18N2O5S. The van der Waals surface area contributed by atoms with Crippen LogP contribution < -0.4 is 5.56 Å². The summed E-state index contributed by atoms with van der Waals surface area (Å²) in [5.41, 5.74) is 0.260. The third-order valence-corrected chi connectivity index (χ3v) is 6.05. The standard InChI is InChI=1S/C19H18N2O5S/c1-4-11-21-17(22)16-14(9-10-20-16)15(19(23)26-3)18(21)27(24,25)13-7-5-12(2)6-8-13/h4-10,20H,1,11H2,2-3H3. The van der Waals surface area contributed by atoms with Crippen molar-refractivity contribution in [1.29, 1.82) is 0 Å². The molecule has 3 rings (SSSR count). The van der Waals surface area contributed by atoms with E-state index in [-0.39, 0.29) is 27.9 Å². The van der Waals surface area contributed by atoms with Gasteiger partial charge in [-0.05, 0) is 25.1 Å². The molecule has 0 fully saturated rings. The van der Waals surface area contributed by atoms with Crippen LogP contribution in [0.5, 0.6) is 0 Å². The molecule has 0 aliphatic heterocycles. The van der Waals surface area contributed by atoms with Crippen molar-refractivity contribution in [2.75, 3.05) is 7.11 Å². The summed E-state index contributed by atoms with van der Waals surface area (Å²) < 4.78 is 32.6. The number of aromatic nitrogens is 2. The van der Waals surface area contributed by atoms with Crippen molar-refractivity contribution in [2.24, 2.45) is 0 Å². The van der Waals surface area contributed by atoms with Crippen molar-refractivity contribution in [3.8, 4) is 0 Å². The quantitative estimate of drug-likeness (QED) is 0.536. The second-order valence-corrected chi connectivity index (χ2v) is 7.82. The number of esters is 1. The van der Waals surface area contributed by atoms with E-state index in [1.54, 1.807) is 12.1 Å². The van der Waals surface area contributed by atoms with Crippen molar-refractivity contribution in [2.45, 2.75) is 23.4 Å². The minimum atomic E-state index is -4.19. The molecule has 0 amide bonds. The van der Waals surface area contributed by atoms with Gasteiger partial charge in [0.1, 0.15) is 11.1 Å². The molecule has 1 aromatic carbocycles. The Hall–Kier alpha value is -3.13. The SMILES string of the molecule is C=CCn1c(S(=O)(=O)c2ccc(C)cc2)c(C(=O)OC)c2cc[nH]c2c1=O. The van der Waals surface area contributed by atoms with Gasteiger partial charge < -0.3 is 9.72 Å². The van der Waals surface area contributed by atoms with Crippen LogP contribution in [0.3, 0.4) is 0 Å². The lowest BCUT2D eigenvalue weighted by Crippen LogP contribution is -2.29. The molecule has 0 aliphatic carbocycles. The zero-order valence-electron chi connectivity index (χ0n) is 14.9. The fourth-order valence-electron chi connectivity index (χ4n) is 2.93. The van der Waals surface area contributed by atoms with Gasteiger partial charge in [-0.3, -0.25) is 9.36 Å². The highest BCUT2D eigenvalue weighted by Gasteiger charge is 2.32. The van der Waals surface area contributed by atoms with Gasteiger partial charge in [-0.1, -0.05) is 23.8 Å². The monoisotopic (exact) mass is 386 g/mol. The molecule has 1 N–H and O–H groups in total. The van der Waals surface area contributed by atoms with Crippen LogP contribution in [-0.2, 0) is 21.1 Å². The van der Waals surface area contributed by atoms with Gasteiger partial charge in [0.2, 0.25) is 9.84 Å². The lowest BCUT2D eigenvalue weighted by Gasteiger charge is -2.16. The first kappa shape index (κ1) is 18.7. The van der Waals surface area contributed by atoms with E-state index in [0.717, 1.165) is 17.2 Å². The molecule has 2 aromatic heterocycles. The Morgan fingerprint density at radius 1 is 1.26 bits per heavy atom. The Morgan fingerprint density at radius 2 is 1.93 bits per heavy atom. The minimum absolute atomic E-state index is 0.0228. The molecule has 0 unspecified atom stereocenters. The first-order valence-corrected chi connectivity index (χ1v) is 9.56. The number of allylic oxidation sites excluding steroid dienone is 1. The van der Waals surface area contributed by atoms with Crippen molar-refractivity contribution >= 4 is 26.7 Å². The van der Waals surface area contributed by atoms with Crippen molar-refractivity contribution in [3.63, 3.8) is 0 Å². The fourth-order valence-corrected chi connectivity index (χ4v) is 4.56. The highest BCUT2D eigenvalue weighted by Crippen LogP contribution is 2.29. The highest BCUT2D eigenvalue weighted by atomic mass is 32.2. The van der Waals surface area contributed by atoms with Crippen LogP contribution in [0, 0.1) is 6.92 Å². The number of aryl methyl sites for hydroxylation is 1. The zero-order chi connectivity index (χ0) is 19.8. The molecule has 0 atom stereocenters. The summed E-state index contributed by atoms with van der Waals surface area (Å²) in [5.74, 6) is -0.844. The van der Waals surface area contributed by atoms with Gasteiger partial charge in [0.25, 0.3) is 5.56 Å². The van der Waals surface area contributed by atoms with Crippen LogP contribution >= 0.6 is 0 Å². The normalized spacial score (nSPS) is 11.5. The van der Waals surface area contributed by atoms with Crippen molar-refractivity contribution in [1.82, 2.24) is 9.55 Å². The van der Waals surface area contributed by atoms with E-state index in [0.29, 0.717) is 0 Å². The number of benzene rings is 1. The summed E-state index contributed by atoms with van der Waals surface area (Å²) >= 11 is 0. The van der Waals surface area contributed by atoms with Gasteiger partial charge in [0, 0.05) is 18.1 Å². The van der Waals surface area contributed by atoms with Crippen molar-refractivity contribution < 1.29 is 17.9 Å². The molecule has 3 aromatic rings. The maximum atomic E-state index is 13.4. The maximum Gasteiger partial charge on any atom is 0.341 e. The second kappa shape index (κ2) is 6.88. The molecular weight excluding hydrogens is 368 g/mol. The van der Waals surface area contributed by atoms with Crippen LogP contribution in [0.2, 0.25) is 0 Å². The van der Waals surface area contributed by atoms with Crippen LogP contribution in [0.1, 0.15) is 15.9 Å². The average molecular weight is 386 g/mol. The molecule has 2 heterocycles. The largest absolute Gasteiger partial charge is 0.465 e. The minimum Gasteiger partial charge on any atom is -0.465 e. The number of methoxy groups -OCH3 is 1. The third kappa shape index (κ3) is 2.97. The molecule has 8 heteroatoms. The number of fused-ring (bicyclic) bond motifs is 1. The van der Waals surface area contributed by atoms with E-state index < -0.39 is 26.4 Å². The highest BCUT2D eigenvalue weighted by molar-refractivity contribution is 7.91. The Kier molecular flexibility index (Phi) is 4.75. The van der Waals surface area contributed by atoms with Crippen LogP contribution in [-0.4, -0.2) is 31.0 Å². The van der Waals surface area contributed by atoms with Crippen LogP contribution in [0.4, 0.5) is 0 Å². The molecule has 0 aliphatic rings. The fraction of sp³-hybridized carbons (Fsp3) is 0.158. The predicted octanol–water partition coefficient (Wildman–Crippen LogP) is 2.44. The van der Waals surface area contributed by atoms with Gasteiger partial charge in [-0.15, -0.1) is 6.58 Å². The Bertz CT molecular complexity index is 1200. The van der Waals surface area contributed by atoms with E-state index in [1.807, 2.05) is 6.92 Å². The van der Waals surface area contributed by atoms with Gasteiger partial charge in [-0.25, -0.2) is 13.2 Å². The molecule has 7 nitrogen and oxygen atoms in total. The van der Waals surface area contributed by atoms with E-state index in [2.05, 4.69) is 11.6 Å². The predicted molar refractivity (Wildman–Crippen MR) is 101 cm³/mol. The molecule has 0 saturated carbocycles. The summed E-state index contributed by atoms with van der Waals surface area (Å²) in [5, 5.41) is -0.215. The lowest BCUT2D eigenvalue weighted by atomic mass is 10.2. The van der Waals surface area contributed by atoms with E-state index in [9.17, 15) is 18.0 Å². The Morgan fingerprint density at radius 3 is 2.52 bits per heavy atom. The topological polar surface area (TPSA) is 98.2 Å². The van der Waals surface area contributed by atoms with Crippen LogP contribution in [0.25, 0.3) is 10.9 Å². The number of nitrogens with one attached hydrogen (secondary N) is 1. The Balaban J connectivity index is 2.51. The summed E-state index contributed by atoms with van der Waals surface area (Å²) in [4.78, 5) is 28.1. The summed E-state index contributed by atoms with van der Waals surface area (Å²) in [7, 11) is -3.03. The number of nitrogens with zero attached hydrogens (tertiary/aromatic N) is 1. The average Bonchev–Trinajstić information content (AvgIpc) is 3.13. The summed E-state index contributed by atoms with van der Waals surface area (Å²) in [6, 6.07) is 7.66. The number of hydrogen-bond acceptors (Lipinski definition) is 5. The van der Waals surface area contributed by atoms with Crippen molar-refractivity contribution in [3.05, 3.63) is 70.7 Å². The molecule has 0 bridgehead atoms. The molecule has 27 heavy (non-hydrogen) atoms. The molecule has 0 spiro atoms. The smallest absolute Gasteiger partial charge is 0.341 e. The number of ether oxygens (including phenoxy) is 1. The van der Waals surface area contributed by atoms with E-state index in [4.69, 9.17) is 4.74 Å². The first-order chi connectivity index (χ1) is 12.8.